The predicted molar refractivity (Wildman–Crippen MR) is 126 cm³/mol. The van der Waals surface area contributed by atoms with Gasteiger partial charge in [0, 0.05) is 31.3 Å². The second kappa shape index (κ2) is 12.8. The van der Waals surface area contributed by atoms with Gasteiger partial charge in [0.15, 0.2) is 0 Å². The predicted octanol–water partition coefficient (Wildman–Crippen LogP) is 2.51. The average molecular weight is 496 g/mol. The van der Waals surface area contributed by atoms with Crippen LogP contribution < -0.4 is 10.6 Å². The van der Waals surface area contributed by atoms with E-state index in [-0.39, 0.29) is 24.5 Å². The number of aliphatic hydroxyl groups excluding tert-OH is 1. The van der Waals surface area contributed by atoms with Crippen LogP contribution in [0.25, 0.3) is 0 Å². The van der Waals surface area contributed by atoms with Gasteiger partial charge in [0.1, 0.15) is 11.7 Å². The molecule has 33 heavy (non-hydrogen) atoms. The second-order valence-corrected chi connectivity index (χ2v) is 11.9. The largest absolute Gasteiger partial charge is 0.472 e. The molecule has 0 aromatic heterocycles. The van der Waals surface area contributed by atoms with Crippen molar-refractivity contribution in [3.63, 3.8) is 0 Å². The molecule has 11 nitrogen and oxygen atoms in total. The van der Waals surface area contributed by atoms with E-state index < -0.39 is 37.5 Å². The Morgan fingerprint density at radius 2 is 1.52 bits per heavy atom. The molecule has 0 fully saturated rings. The van der Waals surface area contributed by atoms with Crippen LogP contribution in [0, 0.1) is 5.41 Å². The van der Waals surface area contributed by atoms with Gasteiger partial charge in [0.25, 0.3) is 0 Å². The van der Waals surface area contributed by atoms with Crippen molar-refractivity contribution in [2.24, 2.45) is 10.6 Å². The first kappa shape index (κ1) is 31.5. The number of nitrogens with one attached hydrogen (secondary N) is 2. The first-order chi connectivity index (χ1) is 14.7. The Hall–Kier alpha value is -1.52. The number of carbonyl (C=O) groups is 2. The van der Waals surface area contributed by atoms with E-state index in [0.29, 0.717) is 13.0 Å². The molecule has 0 rings (SSSR count). The molecule has 0 radical (unpaired) electrons. The van der Waals surface area contributed by atoms with Crippen LogP contribution in [-0.2, 0) is 28.0 Å². The normalized spacial score (nSPS) is 16.0. The molecule has 0 saturated heterocycles. The molecule has 0 aliphatic carbocycles. The van der Waals surface area contributed by atoms with Gasteiger partial charge < -0.3 is 25.5 Å². The Kier molecular flexibility index (Phi) is 12.2. The van der Waals surface area contributed by atoms with Gasteiger partial charge in [-0.3, -0.25) is 18.6 Å². The molecule has 12 heteroatoms. The molecule has 0 aromatic carbocycles. The molecule has 2 amide bonds. The van der Waals surface area contributed by atoms with Gasteiger partial charge in [-0.05, 0) is 48.5 Å². The Bertz CT molecular complexity index is 726. The third kappa shape index (κ3) is 15.9. The van der Waals surface area contributed by atoms with E-state index in [4.69, 9.17) is 13.9 Å². The first-order valence-corrected chi connectivity index (χ1v) is 12.4. The molecule has 0 heterocycles. The van der Waals surface area contributed by atoms with Gasteiger partial charge >= 0.3 is 7.82 Å². The Labute approximate surface area is 197 Å². The highest BCUT2D eigenvalue weighted by molar-refractivity contribution is 7.47. The zero-order valence-electron chi connectivity index (χ0n) is 21.4. The fourth-order valence-electron chi connectivity index (χ4n) is 2.18. The van der Waals surface area contributed by atoms with E-state index in [0.717, 1.165) is 5.71 Å². The number of amides is 2. The number of phosphoric acid groups is 1. The van der Waals surface area contributed by atoms with Gasteiger partial charge in [0.2, 0.25) is 11.8 Å². The molecule has 0 aliphatic heterocycles. The lowest BCUT2D eigenvalue weighted by molar-refractivity contribution is -0.137. The van der Waals surface area contributed by atoms with Gasteiger partial charge in [-0.25, -0.2) is 4.57 Å². The maximum atomic E-state index is 12.2. The molecule has 0 bridgehead atoms. The highest BCUT2D eigenvalue weighted by Gasteiger charge is 2.38. The summed E-state index contributed by atoms with van der Waals surface area (Å²) in [5, 5.41) is 19.5. The van der Waals surface area contributed by atoms with E-state index in [1.54, 1.807) is 27.7 Å². The van der Waals surface area contributed by atoms with Crippen LogP contribution in [0.15, 0.2) is 5.16 Å². The van der Waals surface area contributed by atoms with Crippen molar-refractivity contribution in [2.45, 2.75) is 92.5 Å². The summed E-state index contributed by atoms with van der Waals surface area (Å²) in [4.78, 5) is 39.3. The lowest BCUT2D eigenvalue weighted by atomic mass is 9.87. The van der Waals surface area contributed by atoms with Crippen LogP contribution in [0.1, 0.15) is 75.2 Å². The number of hydrogen-bond acceptors (Lipinski definition) is 8. The monoisotopic (exact) mass is 495 g/mol. The van der Waals surface area contributed by atoms with Crippen LogP contribution in [0.5, 0.6) is 0 Å². The maximum Gasteiger partial charge on any atom is 0.472 e. The van der Waals surface area contributed by atoms with Crippen molar-refractivity contribution in [3.05, 3.63) is 0 Å². The molecular formula is C21H42N3O8P. The lowest BCUT2D eigenvalue weighted by Gasteiger charge is -2.31. The van der Waals surface area contributed by atoms with Crippen LogP contribution in [0.4, 0.5) is 0 Å². The molecule has 0 aliphatic rings. The van der Waals surface area contributed by atoms with Crippen LogP contribution in [0.2, 0.25) is 0 Å². The first-order valence-electron chi connectivity index (χ1n) is 10.9. The van der Waals surface area contributed by atoms with E-state index in [1.807, 2.05) is 20.8 Å². The van der Waals surface area contributed by atoms with Crippen molar-refractivity contribution in [1.82, 2.24) is 10.6 Å². The van der Waals surface area contributed by atoms with E-state index in [2.05, 4.69) is 15.8 Å². The topological polar surface area (TPSA) is 156 Å². The molecule has 194 valence electrons. The minimum Gasteiger partial charge on any atom is -0.390 e. The minimum absolute atomic E-state index is 0.0184. The molecule has 2 atom stereocenters. The fourth-order valence-corrected chi connectivity index (χ4v) is 3.42. The summed E-state index contributed by atoms with van der Waals surface area (Å²) in [6, 6.07) is 0. The molecule has 0 spiro atoms. The summed E-state index contributed by atoms with van der Waals surface area (Å²) in [5.74, 6) is -0.985. The molecule has 4 N–H and O–H groups in total. The standard InChI is InChI=1S/C21H42N3O8P/c1-15(24-31-19(2,3)4)10-12-22-16(25)11-13-23-18(27)17(26)21(8,9)14-30-33(28,29)32-20(5,6)7/h17,26H,10-14H2,1-9H3,(H,22,25)(H,23,27)(H,28,29)/b24-15+/t17-/m0/s1. The zero-order chi connectivity index (χ0) is 26.1. The zero-order valence-corrected chi connectivity index (χ0v) is 22.2. The van der Waals surface area contributed by atoms with Crippen LogP contribution in [-0.4, -0.2) is 64.5 Å². The third-order valence-electron chi connectivity index (χ3n) is 3.91. The summed E-state index contributed by atoms with van der Waals surface area (Å²) in [5.41, 5.74) is -1.73. The molecule has 1 unspecified atom stereocenters. The third-order valence-corrected chi connectivity index (χ3v) is 5.15. The Morgan fingerprint density at radius 1 is 0.970 bits per heavy atom. The number of oxime groups is 1. The van der Waals surface area contributed by atoms with Gasteiger partial charge in [-0.15, -0.1) is 0 Å². The Morgan fingerprint density at radius 3 is 2.03 bits per heavy atom. The lowest BCUT2D eigenvalue weighted by Crippen LogP contribution is -2.46. The summed E-state index contributed by atoms with van der Waals surface area (Å²) in [6.07, 6.45) is -0.985. The maximum absolute atomic E-state index is 12.2. The van der Waals surface area contributed by atoms with Crippen molar-refractivity contribution < 1.29 is 38.0 Å². The average Bonchev–Trinajstić information content (AvgIpc) is 2.61. The summed E-state index contributed by atoms with van der Waals surface area (Å²) < 4.78 is 21.9. The smallest absolute Gasteiger partial charge is 0.390 e. The second-order valence-electron chi connectivity index (χ2n) is 10.5. The Balaban J connectivity index is 4.38. The molecular weight excluding hydrogens is 453 g/mol. The van der Waals surface area contributed by atoms with Crippen molar-refractivity contribution >= 4 is 25.3 Å². The van der Waals surface area contributed by atoms with Crippen molar-refractivity contribution in [3.8, 4) is 0 Å². The SMILES string of the molecule is C/C(CCNC(=O)CCNC(=O)[C@H](O)C(C)(C)COP(=O)(O)OC(C)(C)C)=N\OC(C)(C)C. The van der Waals surface area contributed by atoms with E-state index in [1.165, 1.54) is 13.8 Å². The highest BCUT2D eigenvalue weighted by Crippen LogP contribution is 2.48. The van der Waals surface area contributed by atoms with E-state index >= 15 is 0 Å². The fraction of sp³-hybridized carbons (Fsp3) is 0.857. The summed E-state index contributed by atoms with van der Waals surface area (Å²) >= 11 is 0. The summed E-state index contributed by atoms with van der Waals surface area (Å²) in [6.45, 7) is 15.3. The van der Waals surface area contributed by atoms with Gasteiger partial charge in [-0.2, -0.15) is 0 Å². The number of aliphatic hydroxyl groups is 1. The number of nitrogens with zero attached hydrogens (tertiary/aromatic N) is 1. The van der Waals surface area contributed by atoms with Gasteiger partial charge in [-0.1, -0.05) is 19.0 Å². The van der Waals surface area contributed by atoms with Gasteiger partial charge in [0.05, 0.1) is 17.9 Å². The summed E-state index contributed by atoms with van der Waals surface area (Å²) in [7, 11) is -4.36. The van der Waals surface area contributed by atoms with Crippen molar-refractivity contribution in [1.29, 1.82) is 0 Å². The number of phosphoric ester groups is 1. The highest BCUT2D eigenvalue weighted by atomic mass is 31.2. The number of rotatable bonds is 13. The van der Waals surface area contributed by atoms with Crippen LogP contribution >= 0.6 is 7.82 Å². The van der Waals surface area contributed by atoms with Crippen LogP contribution in [0.3, 0.4) is 0 Å². The molecule has 0 saturated carbocycles. The van der Waals surface area contributed by atoms with Crippen molar-refractivity contribution in [2.75, 3.05) is 19.7 Å². The number of hydrogen-bond donors (Lipinski definition) is 4. The number of carbonyl (C=O) groups excluding carboxylic acids is 2. The quantitative estimate of drug-likeness (QED) is 0.173. The minimum atomic E-state index is -4.36. The van der Waals surface area contributed by atoms with E-state index in [9.17, 15) is 24.2 Å². The molecule has 0 aromatic rings.